The maximum Gasteiger partial charge on any atom is 0.285 e. The maximum absolute atomic E-state index is 11.0. The van der Waals surface area contributed by atoms with Crippen LogP contribution in [0, 0.1) is 0 Å². The first kappa shape index (κ1) is 8.22. The van der Waals surface area contributed by atoms with Crippen molar-refractivity contribution in [2.75, 3.05) is 0 Å². The summed E-state index contributed by atoms with van der Waals surface area (Å²) in [6.07, 6.45) is 0.385. The molecule has 1 aromatic heterocycles. The Kier molecular flexibility index (Phi) is 2.25. The molecule has 0 fully saturated rings. The molecule has 0 saturated carbocycles. The van der Waals surface area contributed by atoms with Crippen molar-refractivity contribution in [2.45, 2.75) is 13.0 Å². The molecule has 0 radical (unpaired) electrons. The second-order valence-corrected chi connectivity index (χ2v) is 2.44. The number of hydrogen-bond acceptors (Lipinski definition) is 5. The molecule has 1 aromatic rings. The average molecular weight is 173 g/mol. The number of aromatic nitrogens is 3. The minimum absolute atomic E-state index is 0.190. The SMILES string of the molecule is CC(O)c1cnnn(S)c1=O. The zero-order valence-electron chi connectivity index (χ0n) is 5.80. The summed E-state index contributed by atoms with van der Waals surface area (Å²) >= 11 is 3.68. The first-order valence-corrected chi connectivity index (χ1v) is 3.35. The molecule has 0 saturated heterocycles. The summed E-state index contributed by atoms with van der Waals surface area (Å²) < 4.78 is 0.780. The van der Waals surface area contributed by atoms with Crippen LogP contribution in [0.15, 0.2) is 11.0 Å². The van der Waals surface area contributed by atoms with Gasteiger partial charge >= 0.3 is 0 Å². The summed E-state index contributed by atoms with van der Waals surface area (Å²) in [6.45, 7) is 1.48. The van der Waals surface area contributed by atoms with Gasteiger partial charge in [-0.2, -0.15) is 4.09 Å². The topological polar surface area (TPSA) is 68.0 Å². The van der Waals surface area contributed by atoms with Crippen LogP contribution in [0.3, 0.4) is 0 Å². The molecular formula is C5H7N3O2S. The van der Waals surface area contributed by atoms with Crippen molar-refractivity contribution in [2.24, 2.45) is 0 Å². The maximum atomic E-state index is 11.0. The van der Waals surface area contributed by atoms with E-state index in [0.717, 1.165) is 4.09 Å². The van der Waals surface area contributed by atoms with Gasteiger partial charge in [0.15, 0.2) is 0 Å². The molecule has 0 aromatic carbocycles. The van der Waals surface area contributed by atoms with Gasteiger partial charge in [0.25, 0.3) is 5.56 Å². The third kappa shape index (κ3) is 1.58. The van der Waals surface area contributed by atoms with E-state index in [1.807, 2.05) is 0 Å². The van der Waals surface area contributed by atoms with Crippen molar-refractivity contribution >= 4 is 12.8 Å². The Morgan fingerprint density at radius 2 is 2.45 bits per heavy atom. The third-order valence-corrected chi connectivity index (χ3v) is 1.47. The van der Waals surface area contributed by atoms with Crippen LogP contribution in [0.5, 0.6) is 0 Å². The lowest BCUT2D eigenvalue weighted by Crippen LogP contribution is -2.22. The Morgan fingerprint density at radius 3 is 2.91 bits per heavy atom. The molecule has 1 rings (SSSR count). The van der Waals surface area contributed by atoms with E-state index in [0.29, 0.717) is 0 Å². The van der Waals surface area contributed by atoms with Gasteiger partial charge in [-0.25, -0.2) is 0 Å². The summed E-state index contributed by atoms with van der Waals surface area (Å²) in [6, 6.07) is 0. The quantitative estimate of drug-likeness (QED) is 0.556. The minimum atomic E-state index is -0.837. The van der Waals surface area contributed by atoms with Crippen LogP contribution in [-0.4, -0.2) is 19.5 Å². The van der Waals surface area contributed by atoms with Gasteiger partial charge in [-0.05, 0) is 19.7 Å². The van der Waals surface area contributed by atoms with Crippen LogP contribution in [0.2, 0.25) is 0 Å². The van der Waals surface area contributed by atoms with Crippen molar-refractivity contribution in [1.82, 2.24) is 14.4 Å². The Morgan fingerprint density at radius 1 is 1.82 bits per heavy atom. The summed E-state index contributed by atoms with van der Waals surface area (Å²) in [5, 5.41) is 15.8. The first-order valence-electron chi connectivity index (χ1n) is 2.95. The highest BCUT2D eigenvalue weighted by Crippen LogP contribution is 2.02. The van der Waals surface area contributed by atoms with Gasteiger partial charge in [0, 0.05) is 0 Å². The van der Waals surface area contributed by atoms with Crippen LogP contribution >= 0.6 is 12.8 Å². The van der Waals surface area contributed by atoms with Gasteiger partial charge in [0.2, 0.25) is 0 Å². The number of thiol groups is 1. The van der Waals surface area contributed by atoms with Gasteiger partial charge in [0.1, 0.15) is 0 Å². The molecule has 60 valence electrons. The molecule has 11 heavy (non-hydrogen) atoms. The van der Waals surface area contributed by atoms with Crippen LogP contribution in [-0.2, 0) is 0 Å². The molecule has 0 aliphatic heterocycles. The monoisotopic (exact) mass is 173 g/mol. The second-order valence-electron chi connectivity index (χ2n) is 2.06. The van der Waals surface area contributed by atoms with Crippen LogP contribution in [0.1, 0.15) is 18.6 Å². The van der Waals surface area contributed by atoms with E-state index in [1.165, 1.54) is 13.1 Å². The van der Waals surface area contributed by atoms with E-state index in [-0.39, 0.29) is 5.56 Å². The predicted octanol–water partition coefficient (Wildman–Crippen LogP) is -0.616. The predicted molar refractivity (Wildman–Crippen MR) is 41.3 cm³/mol. The third-order valence-electron chi connectivity index (χ3n) is 1.21. The lowest BCUT2D eigenvalue weighted by atomic mass is 10.2. The number of nitrogens with zero attached hydrogens (tertiary/aromatic N) is 3. The minimum Gasteiger partial charge on any atom is -0.388 e. The van der Waals surface area contributed by atoms with Crippen molar-refractivity contribution in [3.05, 3.63) is 22.1 Å². The lowest BCUT2D eigenvalue weighted by molar-refractivity contribution is 0.196. The smallest absolute Gasteiger partial charge is 0.285 e. The Hall–Kier alpha value is -0.880. The summed E-state index contributed by atoms with van der Waals surface area (Å²) in [7, 11) is 0. The van der Waals surface area contributed by atoms with Gasteiger partial charge in [-0.1, -0.05) is 5.21 Å². The fourth-order valence-corrected chi connectivity index (χ4v) is 0.796. The van der Waals surface area contributed by atoms with Gasteiger partial charge in [-0.15, -0.1) is 5.10 Å². The molecule has 1 heterocycles. The highest BCUT2D eigenvalue weighted by Gasteiger charge is 2.07. The molecule has 0 aliphatic carbocycles. The molecule has 6 heteroatoms. The van der Waals surface area contributed by atoms with Crippen molar-refractivity contribution in [1.29, 1.82) is 0 Å². The number of rotatable bonds is 1. The zero-order chi connectivity index (χ0) is 8.43. The van der Waals surface area contributed by atoms with E-state index >= 15 is 0 Å². The molecule has 1 N–H and O–H groups in total. The Labute approximate surface area is 68.2 Å². The summed E-state index contributed by atoms with van der Waals surface area (Å²) in [5.41, 5.74) is -0.256. The number of aliphatic hydroxyl groups is 1. The Balaban J connectivity index is 3.28. The molecule has 0 amide bonds. The molecule has 5 nitrogen and oxygen atoms in total. The highest BCUT2D eigenvalue weighted by molar-refractivity contribution is 7.78. The van der Waals surface area contributed by atoms with E-state index in [9.17, 15) is 4.79 Å². The fourth-order valence-electron chi connectivity index (χ4n) is 0.635. The van der Waals surface area contributed by atoms with Crippen LogP contribution in [0.25, 0.3) is 0 Å². The van der Waals surface area contributed by atoms with E-state index < -0.39 is 11.7 Å². The standard InChI is InChI=1S/C5H7N3O2S/c1-3(9)4-2-6-7-8(11)5(4)10/h2-3,9,11H,1H3. The summed E-state index contributed by atoms with van der Waals surface area (Å²) in [5.74, 6) is 0. The largest absolute Gasteiger partial charge is 0.388 e. The number of hydrogen-bond donors (Lipinski definition) is 2. The van der Waals surface area contributed by atoms with E-state index in [1.54, 1.807) is 0 Å². The van der Waals surface area contributed by atoms with Crippen LogP contribution in [0.4, 0.5) is 0 Å². The first-order chi connectivity index (χ1) is 5.13. The second kappa shape index (κ2) is 3.02. The Bertz CT molecular complexity index is 309. The molecule has 0 spiro atoms. The van der Waals surface area contributed by atoms with Gasteiger partial charge in [-0.3, -0.25) is 4.79 Å². The van der Waals surface area contributed by atoms with Gasteiger partial charge in [0.05, 0.1) is 17.9 Å². The highest BCUT2D eigenvalue weighted by atomic mass is 32.1. The van der Waals surface area contributed by atoms with Crippen molar-refractivity contribution < 1.29 is 5.11 Å². The van der Waals surface area contributed by atoms with E-state index in [2.05, 4.69) is 23.1 Å². The molecule has 0 bridgehead atoms. The van der Waals surface area contributed by atoms with Crippen molar-refractivity contribution in [3.63, 3.8) is 0 Å². The molecule has 1 unspecified atom stereocenters. The average Bonchev–Trinajstić information content (AvgIpc) is 1.94. The lowest BCUT2D eigenvalue weighted by Gasteiger charge is -2.01. The molecular weight excluding hydrogens is 166 g/mol. The zero-order valence-corrected chi connectivity index (χ0v) is 6.69. The number of aliphatic hydroxyl groups excluding tert-OH is 1. The van der Waals surface area contributed by atoms with Gasteiger partial charge < -0.3 is 5.11 Å². The van der Waals surface area contributed by atoms with Crippen LogP contribution < -0.4 is 5.56 Å². The summed E-state index contributed by atoms with van der Waals surface area (Å²) in [4.78, 5) is 11.0. The van der Waals surface area contributed by atoms with Crippen molar-refractivity contribution in [3.8, 4) is 0 Å². The normalized spacial score (nSPS) is 13.0. The fraction of sp³-hybridized carbons (Fsp3) is 0.400. The molecule has 0 aliphatic rings. The van der Waals surface area contributed by atoms with E-state index in [4.69, 9.17) is 5.11 Å². The molecule has 1 atom stereocenters.